The van der Waals surface area contributed by atoms with Crippen LogP contribution in [0.3, 0.4) is 0 Å². The highest BCUT2D eigenvalue weighted by Crippen LogP contribution is 2.22. The Morgan fingerprint density at radius 3 is 2.82 bits per heavy atom. The third kappa shape index (κ3) is 2.54. The molecule has 1 saturated heterocycles. The van der Waals surface area contributed by atoms with Gasteiger partial charge in [0.05, 0.1) is 5.52 Å². The second-order valence-electron chi connectivity index (χ2n) is 5.66. The standard InChI is InChI=1S/C15H17FN4O2/c1-9-8-20(15(21)22)10(2)7-19(9)14-17-6-11-5-12(16)3-4-13(11)18-14/h3-6,9-10H,7-8H2,1-2H3,(H,21,22)/t9-,10+/m0/s1. The predicted octanol–water partition coefficient (Wildman–Crippen LogP) is 2.35. The quantitative estimate of drug-likeness (QED) is 0.875. The van der Waals surface area contributed by atoms with Gasteiger partial charge in [-0.05, 0) is 32.0 Å². The second kappa shape index (κ2) is 5.40. The minimum Gasteiger partial charge on any atom is -0.465 e. The predicted molar refractivity (Wildman–Crippen MR) is 80.5 cm³/mol. The molecular weight excluding hydrogens is 287 g/mol. The molecule has 0 aliphatic carbocycles. The van der Waals surface area contributed by atoms with Gasteiger partial charge in [-0.1, -0.05) is 0 Å². The van der Waals surface area contributed by atoms with Crippen molar-refractivity contribution in [2.45, 2.75) is 25.9 Å². The molecule has 22 heavy (non-hydrogen) atoms. The molecule has 1 N–H and O–H groups in total. The SMILES string of the molecule is C[C@@H]1CN(c2ncc3cc(F)ccc3n2)[C@@H](C)CN1C(=O)O. The van der Waals surface area contributed by atoms with E-state index in [1.54, 1.807) is 12.3 Å². The van der Waals surface area contributed by atoms with Gasteiger partial charge in [-0.3, -0.25) is 0 Å². The minimum atomic E-state index is -0.908. The Bertz CT molecular complexity index is 724. The topological polar surface area (TPSA) is 69.6 Å². The number of carbonyl (C=O) groups is 1. The van der Waals surface area contributed by atoms with Crippen molar-refractivity contribution in [3.63, 3.8) is 0 Å². The van der Waals surface area contributed by atoms with Gasteiger partial charge in [-0.15, -0.1) is 0 Å². The van der Waals surface area contributed by atoms with Crippen molar-refractivity contribution in [3.8, 4) is 0 Å². The van der Waals surface area contributed by atoms with E-state index in [0.29, 0.717) is 29.9 Å². The molecule has 0 saturated carbocycles. The maximum absolute atomic E-state index is 13.2. The van der Waals surface area contributed by atoms with Crippen LogP contribution in [0.5, 0.6) is 0 Å². The van der Waals surface area contributed by atoms with E-state index in [-0.39, 0.29) is 17.9 Å². The summed E-state index contributed by atoms with van der Waals surface area (Å²) in [5, 5.41) is 9.84. The fourth-order valence-electron chi connectivity index (χ4n) is 2.80. The zero-order valence-corrected chi connectivity index (χ0v) is 12.4. The smallest absolute Gasteiger partial charge is 0.407 e. The number of halogens is 1. The van der Waals surface area contributed by atoms with E-state index in [2.05, 4.69) is 9.97 Å². The Morgan fingerprint density at radius 2 is 2.09 bits per heavy atom. The summed E-state index contributed by atoms with van der Waals surface area (Å²) in [6, 6.07) is 4.23. The van der Waals surface area contributed by atoms with Crippen LogP contribution in [0.25, 0.3) is 10.9 Å². The van der Waals surface area contributed by atoms with E-state index in [1.165, 1.54) is 17.0 Å². The van der Waals surface area contributed by atoms with Crippen LogP contribution in [0.2, 0.25) is 0 Å². The van der Waals surface area contributed by atoms with Crippen LogP contribution in [-0.2, 0) is 0 Å². The lowest BCUT2D eigenvalue weighted by molar-refractivity contribution is 0.114. The summed E-state index contributed by atoms with van der Waals surface area (Å²) >= 11 is 0. The van der Waals surface area contributed by atoms with E-state index < -0.39 is 6.09 Å². The number of hydrogen-bond acceptors (Lipinski definition) is 4. The van der Waals surface area contributed by atoms with Gasteiger partial charge in [0.2, 0.25) is 5.95 Å². The lowest BCUT2D eigenvalue weighted by Gasteiger charge is -2.42. The maximum Gasteiger partial charge on any atom is 0.407 e. The normalized spacial score (nSPS) is 22.1. The van der Waals surface area contributed by atoms with Gasteiger partial charge in [0.1, 0.15) is 5.82 Å². The first-order valence-electron chi connectivity index (χ1n) is 7.14. The van der Waals surface area contributed by atoms with Crippen molar-refractivity contribution in [3.05, 3.63) is 30.2 Å². The number of hydrogen-bond donors (Lipinski definition) is 1. The Balaban J connectivity index is 1.90. The van der Waals surface area contributed by atoms with E-state index in [4.69, 9.17) is 0 Å². The Labute approximate surface area is 127 Å². The molecule has 0 spiro atoms. The number of aromatic nitrogens is 2. The van der Waals surface area contributed by atoms with Gasteiger partial charge in [-0.2, -0.15) is 0 Å². The number of carboxylic acid groups (broad SMARTS) is 1. The molecule has 1 aliphatic heterocycles. The first-order valence-corrected chi connectivity index (χ1v) is 7.14. The summed E-state index contributed by atoms with van der Waals surface area (Å²) in [6.07, 6.45) is 0.690. The van der Waals surface area contributed by atoms with Gasteiger partial charge in [0, 0.05) is 36.8 Å². The number of rotatable bonds is 1. The van der Waals surface area contributed by atoms with Crippen LogP contribution in [0.4, 0.5) is 15.1 Å². The largest absolute Gasteiger partial charge is 0.465 e. The molecule has 116 valence electrons. The molecule has 1 fully saturated rings. The first kappa shape index (κ1) is 14.5. The number of piperazine rings is 1. The molecule has 2 heterocycles. The number of benzene rings is 1. The maximum atomic E-state index is 13.2. The van der Waals surface area contributed by atoms with Crippen molar-refractivity contribution in [2.75, 3.05) is 18.0 Å². The van der Waals surface area contributed by atoms with Crippen molar-refractivity contribution in [1.82, 2.24) is 14.9 Å². The fraction of sp³-hybridized carbons (Fsp3) is 0.400. The van der Waals surface area contributed by atoms with E-state index in [0.717, 1.165) is 0 Å². The van der Waals surface area contributed by atoms with Gasteiger partial charge >= 0.3 is 6.09 Å². The van der Waals surface area contributed by atoms with E-state index in [1.807, 2.05) is 18.7 Å². The first-order chi connectivity index (χ1) is 10.5. The van der Waals surface area contributed by atoms with Crippen molar-refractivity contribution in [1.29, 1.82) is 0 Å². The van der Waals surface area contributed by atoms with Crippen LogP contribution in [0.15, 0.2) is 24.4 Å². The molecule has 2 aromatic rings. The molecule has 0 radical (unpaired) electrons. The molecule has 7 heteroatoms. The molecule has 1 aliphatic rings. The summed E-state index contributed by atoms with van der Waals surface area (Å²) in [5.74, 6) is 0.226. The third-order valence-electron chi connectivity index (χ3n) is 4.02. The Morgan fingerprint density at radius 1 is 1.32 bits per heavy atom. The Hall–Kier alpha value is -2.44. The molecule has 6 nitrogen and oxygen atoms in total. The monoisotopic (exact) mass is 304 g/mol. The molecule has 1 aromatic carbocycles. The van der Waals surface area contributed by atoms with Crippen LogP contribution in [-0.4, -0.2) is 51.2 Å². The number of nitrogens with zero attached hydrogens (tertiary/aromatic N) is 4. The van der Waals surface area contributed by atoms with Crippen molar-refractivity contribution >= 4 is 22.9 Å². The number of fused-ring (bicyclic) bond motifs is 1. The molecular formula is C15H17FN4O2. The van der Waals surface area contributed by atoms with Gasteiger partial charge in [-0.25, -0.2) is 19.2 Å². The van der Waals surface area contributed by atoms with Gasteiger partial charge in [0.15, 0.2) is 0 Å². The highest BCUT2D eigenvalue weighted by Gasteiger charge is 2.33. The summed E-state index contributed by atoms with van der Waals surface area (Å²) in [7, 11) is 0. The lowest BCUT2D eigenvalue weighted by atomic mass is 10.1. The lowest BCUT2D eigenvalue weighted by Crippen LogP contribution is -2.58. The van der Waals surface area contributed by atoms with Crippen LogP contribution < -0.4 is 4.90 Å². The van der Waals surface area contributed by atoms with Crippen molar-refractivity contribution in [2.24, 2.45) is 0 Å². The van der Waals surface area contributed by atoms with Crippen molar-refractivity contribution < 1.29 is 14.3 Å². The Kier molecular flexibility index (Phi) is 3.56. The zero-order chi connectivity index (χ0) is 15.9. The number of anilines is 1. The minimum absolute atomic E-state index is 0.0230. The third-order valence-corrected chi connectivity index (χ3v) is 4.02. The molecule has 0 unspecified atom stereocenters. The van der Waals surface area contributed by atoms with Crippen LogP contribution in [0.1, 0.15) is 13.8 Å². The van der Waals surface area contributed by atoms with E-state index in [9.17, 15) is 14.3 Å². The fourth-order valence-corrected chi connectivity index (χ4v) is 2.80. The van der Waals surface area contributed by atoms with E-state index >= 15 is 0 Å². The second-order valence-corrected chi connectivity index (χ2v) is 5.66. The summed E-state index contributed by atoms with van der Waals surface area (Å²) in [5.41, 5.74) is 0.673. The summed E-state index contributed by atoms with van der Waals surface area (Å²) in [4.78, 5) is 23.4. The van der Waals surface area contributed by atoms with Crippen LogP contribution >= 0.6 is 0 Å². The average molecular weight is 304 g/mol. The highest BCUT2D eigenvalue weighted by molar-refractivity contribution is 5.78. The summed E-state index contributed by atoms with van der Waals surface area (Å²) < 4.78 is 13.2. The highest BCUT2D eigenvalue weighted by atomic mass is 19.1. The van der Waals surface area contributed by atoms with Gasteiger partial charge < -0.3 is 14.9 Å². The molecule has 1 aromatic heterocycles. The molecule has 0 bridgehead atoms. The zero-order valence-electron chi connectivity index (χ0n) is 12.4. The van der Waals surface area contributed by atoms with Crippen LogP contribution in [0, 0.1) is 5.82 Å². The van der Waals surface area contributed by atoms with Gasteiger partial charge in [0.25, 0.3) is 0 Å². The average Bonchev–Trinajstić information content (AvgIpc) is 2.48. The summed E-state index contributed by atoms with van der Waals surface area (Å²) in [6.45, 7) is 4.74. The molecule has 2 atom stereocenters. The molecule has 3 rings (SSSR count). The number of amides is 1. The molecule has 1 amide bonds.